The maximum Gasteiger partial charge on any atom is 0.227 e. The fourth-order valence-electron chi connectivity index (χ4n) is 3.52. The predicted octanol–water partition coefficient (Wildman–Crippen LogP) is 5.13. The van der Waals surface area contributed by atoms with E-state index in [-0.39, 0.29) is 11.7 Å². The second-order valence-electron chi connectivity index (χ2n) is 7.94. The van der Waals surface area contributed by atoms with Crippen molar-refractivity contribution in [1.82, 2.24) is 25.2 Å². The molecule has 0 bridgehead atoms. The van der Waals surface area contributed by atoms with Gasteiger partial charge in [0.15, 0.2) is 0 Å². The van der Waals surface area contributed by atoms with Crippen molar-refractivity contribution in [3.05, 3.63) is 64.6 Å². The fourth-order valence-corrected chi connectivity index (χ4v) is 4.16. The smallest absolute Gasteiger partial charge is 0.227 e. The lowest BCUT2D eigenvalue weighted by Crippen LogP contribution is -2.27. The van der Waals surface area contributed by atoms with E-state index in [1.807, 2.05) is 36.0 Å². The maximum absolute atomic E-state index is 13.4. The molecular weight excluding hydrogens is 441 g/mol. The summed E-state index contributed by atoms with van der Waals surface area (Å²) in [6, 6.07) is 10.3. The molecule has 0 fully saturated rings. The first-order valence-corrected chi connectivity index (χ1v) is 11.9. The van der Waals surface area contributed by atoms with Crippen molar-refractivity contribution in [3.63, 3.8) is 0 Å². The molecule has 9 heteroatoms. The summed E-state index contributed by atoms with van der Waals surface area (Å²) in [6.45, 7) is 0.709. The van der Waals surface area contributed by atoms with Crippen LogP contribution in [0.5, 0.6) is 0 Å². The number of benzene rings is 1. The van der Waals surface area contributed by atoms with Crippen LogP contribution in [0.25, 0.3) is 22.6 Å². The molecule has 1 amide bonds. The molecule has 0 aliphatic heterocycles. The summed E-state index contributed by atoms with van der Waals surface area (Å²) in [4.78, 5) is 18.5. The summed E-state index contributed by atoms with van der Waals surface area (Å²) in [5.41, 5.74) is 3.47. The molecule has 7 nitrogen and oxygen atoms in total. The van der Waals surface area contributed by atoms with Crippen molar-refractivity contribution in [3.8, 4) is 22.6 Å². The first-order chi connectivity index (χ1) is 16.1. The van der Waals surface area contributed by atoms with Crippen LogP contribution in [0.3, 0.4) is 0 Å². The van der Waals surface area contributed by atoms with Gasteiger partial charge < -0.3 is 9.42 Å². The Labute approximate surface area is 195 Å². The zero-order valence-electron chi connectivity index (χ0n) is 18.5. The number of rotatable bonds is 11. The van der Waals surface area contributed by atoms with E-state index < -0.39 is 0 Å². The number of hydrogen-bond acceptors (Lipinski definition) is 6. The number of carbonyl (C=O) groups is 1. The van der Waals surface area contributed by atoms with Crippen LogP contribution in [0.1, 0.15) is 37.3 Å². The Morgan fingerprint density at radius 2 is 2.06 bits per heavy atom. The van der Waals surface area contributed by atoms with Gasteiger partial charge in [-0.1, -0.05) is 23.7 Å². The van der Waals surface area contributed by atoms with E-state index >= 15 is 0 Å². The first kappa shape index (κ1) is 22.8. The summed E-state index contributed by atoms with van der Waals surface area (Å²) >= 11 is 1.58. The standard InChI is InChI=1S/C24H26FN5O2S/c1-30(23(31)10-9-22-26-24(29-32-22)18-11-13-33-16-18)12-4-2-3-8-20-15-21(28-27-20)17-6-5-7-19(25)14-17/h5-7,11,13-16H,2-4,8-10,12H2,1H3,(H,27,28). The average Bonchev–Trinajstić information content (AvgIpc) is 3.59. The van der Waals surface area contributed by atoms with Gasteiger partial charge in [-0.15, -0.1) is 0 Å². The second-order valence-corrected chi connectivity index (χ2v) is 8.72. The van der Waals surface area contributed by atoms with Gasteiger partial charge in [-0.25, -0.2) is 4.39 Å². The minimum absolute atomic E-state index is 0.0681. The number of hydrogen-bond donors (Lipinski definition) is 1. The number of carbonyl (C=O) groups excluding carboxylic acids is 1. The van der Waals surface area contributed by atoms with Crippen molar-refractivity contribution in [2.24, 2.45) is 0 Å². The summed E-state index contributed by atoms with van der Waals surface area (Å²) in [5, 5.41) is 15.2. The van der Waals surface area contributed by atoms with Crippen molar-refractivity contribution >= 4 is 17.2 Å². The van der Waals surface area contributed by atoms with Gasteiger partial charge in [0.1, 0.15) is 5.82 Å². The van der Waals surface area contributed by atoms with Gasteiger partial charge in [0, 0.05) is 48.6 Å². The van der Waals surface area contributed by atoms with E-state index in [1.54, 1.807) is 22.3 Å². The van der Waals surface area contributed by atoms with Gasteiger partial charge in [-0.05, 0) is 48.9 Å². The number of nitrogens with one attached hydrogen (secondary N) is 1. The Kier molecular flexibility index (Phi) is 7.62. The Hall–Kier alpha value is -3.33. The molecule has 0 saturated carbocycles. The number of amides is 1. The molecule has 1 aromatic carbocycles. The summed E-state index contributed by atoms with van der Waals surface area (Å²) in [5.74, 6) is 0.844. The Morgan fingerprint density at radius 3 is 2.88 bits per heavy atom. The molecule has 4 aromatic rings. The molecule has 3 aromatic heterocycles. The molecule has 0 atom stereocenters. The molecule has 33 heavy (non-hydrogen) atoms. The number of aryl methyl sites for hydroxylation is 2. The molecule has 0 aliphatic carbocycles. The Morgan fingerprint density at radius 1 is 1.15 bits per heavy atom. The highest BCUT2D eigenvalue weighted by Crippen LogP contribution is 2.20. The van der Waals surface area contributed by atoms with E-state index in [2.05, 4.69) is 20.3 Å². The number of unbranched alkanes of at least 4 members (excludes halogenated alkanes) is 2. The van der Waals surface area contributed by atoms with Crippen LogP contribution in [0, 0.1) is 5.82 Å². The maximum atomic E-state index is 13.4. The number of aromatic nitrogens is 4. The third-order valence-electron chi connectivity index (χ3n) is 5.42. The molecule has 172 valence electrons. The van der Waals surface area contributed by atoms with E-state index in [0.29, 0.717) is 31.1 Å². The molecule has 1 N–H and O–H groups in total. The van der Waals surface area contributed by atoms with E-state index in [4.69, 9.17) is 4.52 Å². The number of nitrogens with zero attached hydrogens (tertiary/aromatic N) is 4. The Balaban J connectivity index is 1.13. The first-order valence-electron chi connectivity index (χ1n) is 11.0. The van der Waals surface area contributed by atoms with Crippen LogP contribution < -0.4 is 0 Å². The van der Waals surface area contributed by atoms with Crippen LogP contribution in [0.15, 0.2) is 51.7 Å². The molecule has 3 heterocycles. The Bertz CT molecular complexity index is 1170. The highest BCUT2D eigenvalue weighted by molar-refractivity contribution is 7.08. The lowest BCUT2D eigenvalue weighted by Gasteiger charge is -2.16. The van der Waals surface area contributed by atoms with Gasteiger partial charge in [0.25, 0.3) is 0 Å². The summed E-state index contributed by atoms with van der Waals surface area (Å²) in [6.07, 6.45) is 4.56. The van der Waals surface area contributed by atoms with Crippen LogP contribution in [0.2, 0.25) is 0 Å². The SMILES string of the molecule is CN(CCCCCc1cc(-c2cccc(F)c2)n[nH]1)C(=O)CCc1nc(-c2ccsc2)no1. The molecule has 0 spiro atoms. The van der Waals surface area contributed by atoms with Gasteiger partial charge >= 0.3 is 0 Å². The zero-order chi connectivity index (χ0) is 23.0. The fraction of sp³-hybridized carbons (Fsp3) is 0.333. The zero-order valence-corrected chi connectivity index (χ0v) is 19.3. The normalized spacial score (nSPS) is 11.1. The van der Waals surface area contributed by atoms with Crippen molar-refractivity contribution in [1.29, 1.82) is 0 Å². The lowest BCUT2D eigenvalue weighted by atomic mass is 10.1. The van der Waals surface area contributed by atoms with Gasteiger partial charge in [0.2, 0.25) is 17.6 Å². The average molecular weight is 468 g/mol. The highest BCUT2D eigenvalue weighted by Gasteiger charge is 2.13. The number of H-pyrrole nitrogens is 1. The second kappa shape index (κ2) is 11.0. The van der Waals surface area contributed by atoms with Crippen LogP contribution in [-0.2, 0) is 17.6 Å². The number of aromatic amines is 1. The van der Waals surface area contributed by atoms with Crippen LogP contribution in [-0.4, -0.2) is 44.7 Å². The van der Waals surface area contributed by atoms with Gasteiger partial charge in [-0.2, -0.15) is 21.4 Å². The van der Waals surface area contributed by atoms with Gasteiger partial charge in [-0.3, -0.25) is 9.89 Å². The third-order valence-corrected chi connectivity index (χ3v) is 6.10. The molecule has 4 rings (SSSR count). The molecule has 0 unspecified atom stereocenters. The van der Waals surface area contributed by atoms with E-state index in [1.165, 1.54) is 12.1 Å². The number of halogens is 1. The number of thiophene rings is 1. The van der Waals surface area contributed by atoms with E-state index in [9.17, 15) is 9.18 Å². The lowest BCUT2D eigenvalue weighted by molar-refractivity contribution is -0.130. The predicted molar refractivity (Wildman–Crippen MR) is 125 cm³/mol. The van der Waals surface area contributed by atoms with Crippen LogP contribution in [0.4, 0.5) is 4.39 Å². The molecule has 0 aliphatic rings. The van der Waals surface area contributed by atoms with Gasteiger partial charge in [0.05, 0.1) is 5.69 Å². The quantitative estimate of drug-likeness (QED) is 0.309. The van der Waals surface area contributed by atoms with Crippen molar-refractivity contribution in [2.75, 3.05) is 13.6 Å². The minimum atomic E-state index is -0.268. The molecule has 0 saturated heterocycles. The van der Waals surface area contributed by atoms with Crippen molar-refractivity contribution in [2.45, 2.75) is 38.5 Å². The third kappa shape index (κ3) is 6.35. The molecule has 0 radical (unpaired) electrons. The minimum Gasteiger partial charge on any atom is -0.346 e. The van der Waals surface area contributed by atoms with Crippen LogP contribution >= 0.6 is 11.3 Å². The summed E-state index contributed by atoms with van der Waals surface area (Å²) < 4.78 is 18.6. The molecular formula is C24H26FN5O2S. The largest absolute Gasteiger partial charge is 0.346 e. The summed E-state index contributed by atoms with van der Waals surface area (Å²) in [7, 11) is 1.83. The topological polar surface area (TPSA) is 87.9 Å². The van der Waals surface area contributed by atoms with E-state index in [0.717, 1.165) is 48.2 Å². The highest BCUT2D eigenvalue weighted by atomic mass is 32.1. The van der Waals surface area contributed by atoms with Crippen molar-refractivity contribution < 1.29 is 13.7 Å². The monoisotopic (exact) mass is 467 g/mol.